The number of carbonyl (C=O) groups is 2. The van der Waals surface area contributed by atoms with Crippen LogP contribution in [-0.2, 0) is 11.2 Å². The normalized spacial score (nSPS) is 12.9. The number of alkyl halides is 3. The van der Waals surface area contributed by atoms with Crippen molar-refractivity contribution in [1.29, 1.82) is 0 Å². The van der Waals surface area contributed by atoms with Gasteiger partial charge in [0.2, 0.25) is 5.91 Å². The molecule has 2 amide bonds. The van der Waals surface area contributed by atoms with Gasteiger partial charge in [0.15, 0.2) is 0 Å². The minimum absolute atomic E-state index is 0.0167. The third-order valence-corrected chi connectivity index (χ3v) is 5.38. The Morgan fingerprint density at radius 2 is 1.82 bits per heavy atom. The second-order valence-corrected chi connectivity index (χ2v) is 8.92. The molecule has 10 heteroatoms. The zero-order chi connectivity index (χ0) is 25.0. The zero-order valence-electron chi connectivity index (χ0n) is 19.5. The maximum absolute atomic E-state index is 12.5. The van der Waals surface area contributed by atoms with Crippen LogP contribution in [0.1, 0.15) is 43.6 Å². The Kier molecular flexibility index (Phi) is 7.58. The molecule has 3 rings (SSSR count). The number of hydrogen-bond donors (Lipinski definition) is 3. The first-order valence-electron chi connectivity index (χ1n) is 11.0. The molecule has 0 aliphatic carbocycles. The quantitative estimate of drug-likeness (QED) is 0.453. The summed E-state index contributed by atoms with van der Waals surface area (Å²) in [6.07, 6.45) is 2.30. The summed E-state index contributed by atoms with van der Waals surface area (Å²) in [5, 5.41) is 5.56. The van der Waals surface area contributed by atoms with Crippen LogP contribution in [0.3, 0.4) is 0 Å². The summed E-state index contributed by atoms with van der Waals surface area (Å²) < 4.78 is 37.6. The molecule has 1 atom stereocenters. The number of halogens is 3. The predicted octanol–water partition coefficient (Wildman–Crippen LogP) is 4.26. The first kappa shape index (κ1) is 25.2. The fourth-order valence-electron chi connectivity index (χ4n) is 3.66. The van der Waals surface area contributed by atoms with E-state index in [0.717, 1.165) is 22.1 Å². The maximum atomic E-state index is 12.5. The summed E-state index contributed by atoms with van der Waals surface area (Å²) >= 11 is 0. The minimum atomic E-state index is -4.47. The molecule has 34 heavy (non-hydrogen) atoms. The molecule has 7 nitrogen and oxygen atoms in total. The highest BCUT2D eigenvalue weighted by Crippen LogP contribution is 2.29. The number of hydrogen-bond acceptors (Lipinski definition) is 4. The van der Waals surface area contributed by atoms with Crippen molar-refractivity contribution in [3.05, 3.63) is 48.0 Å². The third kappa shape index (κ3) is 6.33. The zero-order valence-corrected chi connectivity index (χ0v) is 19.5. The number of aromatic amines is 1. The summed E-state index contributed by atoms with van der Waals surface area (Å²) in [6.45, 7) is 5.98. The second-order valence-electron chi connectivity index (χ2n) is 8.92. The first-order chi connectivity index (χ1) is 15.9. The molecule has 0 unspecified atom stereocenters. The number of nitrogens with zero attached hydrogens (tertiary/aromatic N) is 2. The van der Waals surface area contributed by atoms with Gasteiger partial charge < -0.3 is 15.6 Å². The molecule has 182 valence electrons. The van der Waals surface area contributed by atoms with Crippen LogP contribution in [0.4, 0.5) is 13.2 Å². The molecule has 0 fully saturated rings. The molecule has 0 aromatic carbocycles. The lowest BCUT2D eigenvalue weighted by molar-refractivity contribution is -0.141. The van der Waals surface area contributed by atoms with Crippen molar-refractivity contribution in [2.24, 2.45) is 11.8 Å². The SMILES string of the molecule is CC(C)NC(=O)c1cnc2[nH]cc(-c3cncc(C[C@@H](C(=O)NCC(F)(F)F)C(C)C)c3)c2c1. The van der Waals surface area contributed by atoms with Crippen LogP contribution in [0, 0.1) is 11.8 Å². The average Bonchev–Trinajstić information content (AvgIpc) is 3.18. The number of nitrogens with one attached hydrogen (secondary N) is 3. The number of amides is 2. The molecule has 3 aromatic heterocycles. The molecule has 0 saturated heterocycles. The summed E-state index contributed by atoms with van der Waals surface area (Å²) in [7, 11) is 0. The van der Waals surface area contributed by atoms with Gasteiger partial charge in [-0.3, -0.25) is 14.6 Å². The Bertz CT molecular complexity index is 1170. The molecule has 0 aliphatic rings. The summed E-state index contributed by atoms with van der Waals surface area (Å²) in [5.74, 6) is -1.69. The van der Waals surface area contributed by atoms with E-state index in [1.165, 1.54) is 6.20 Å². The molecule has 0 aliphatic heterocycles. The molecule has 3 heterocycles. The predicted molar refractivity (Wildman–Crippen MR) is 123 cm³/mol. The molecule has 0 saturated carbocycles. The summed E-state index contributed by atoms with van der Waals surface area (Å²) in [4.78, 5) is 36.5. The lowest BCUT2D eigenvalue weighted by Gasteiger charge is -2.21. The molecule has 0 radical (unpaired) electrons. The van der Waals surface area contributed by atoms with Crippen molar-refractivity contribution in [3.63, 3.8) is 0 Å². The lowest BCUT2D eigenvalue weighted by atomic mass is 9.88. The summed E-state index contributed by atoms with van der Waals surface area (Å²) in [6, 6.07) is 3.58. The topological polar surface area (TPSA) is 99.8 Å². The Labute approximate surface area is 195 Å². The first-order valence-corrected chi connectivity index (χ1v) is 11.0. The molecular weight excluding hydrogens is 447 g/mol. The van der Waals surface area contributed by atoms with Crippen LogP contribution in [0.5, 0.6) is 0 Å². The van der Waals surface area contributed by atoms with Crippen molar-refractivity contribution < 1.29 is 22.8 Å². The van der Waals surface area contributed by atoms with Crippen LogP contribution in [0.25, 0.3) is 22.2 Å². The maximum Gasteiger partial charge on any atom is 0.405 e. The van der Waals surface area contributed by atoms with Gasteiger partial charge >= 0.3 is 6.18 Å². The monoisotopic (exact) mass is 475 g/mol. The minimum Gasteiger partial charge on any atom is -0.350 e. The number of H-pyrrole nitrogens is 1. The largest absolute Gasteiger partial charge is 0.405 e. The van der Waals surface area contributed by atoms with Crippen LogP contribution in [0.15, 0.2) is 36.9 Å². The Morgan fingerprint density at radius 3 is 2.47 bits per heavy atom. The van der Waals surface area contributed by atoms with Gasteiger partial charge in [0, 0.05) is 53.3 Å². The fourth-order valence-corrected chi connectivity index (χ4v) is 3.66. The molecule has 0 spiro atoms. The van der Waals surface area contributed by atoms with Crippen molar-refractivity contribution >= 4 is 22.8 Å². The average molecular weight is 476 g/mol. The van der Waals surface area contributed by atoms with Gasteiger partial charge in [0.1, 0.15) is 12.2 Å². The second kappa shape index (κ2) is 10.2. The van der Waals surface area contributed by atoms with Gasteiger partial charge in [0.25, 0.3) is 5.91 Å². The van der Waals surface area contributed by atoms with Gasteiger partial charge in [-0.05, 0) is 43.9 Å². The number of pyridine rings is 2. The standard InChI is InChI=1S/C24H28F3N5O2/c1-13(2)18(23(34)31-12-24(25,26)27)6-15-5-16(9-28-8-15)20-11-30-21-19(20)7-17(10-29-21)22(33)32-14(3)4/h5,7-11,13-14,18H,6,12H2,1-4H3,(H,29,30)(H,31,34)(H,32,33)/t18-/m1/s1. The van der Waals surface area contributed by atoms with Crippen LogP contribution >= 0.6 is 0 Å². The van der Waals surface area contributed by atoms with Gasteiger partial charge in [-0.25, -0.2) is 4.98 Å². The molecule has 0 bridgehead atoms. The number of rotatable bonds is 8. The van der Waals surface area contributed by atoms with Crippen molar-refractivity contribution in [2.45, 2.75) is 46.3 Å². The number of aromatic nitrogens is 3. The Morgan fingerprint density at radius 1 is 1.09 bits per heavy atom. The van der Waals surface area contributed by atoms with E-state index in [-0.39, 0.29) is 24.3 Å². The Balaban J connectivity index is 1.87. The third-order valence-electron chi connectivity index (χ3n) is 5.38. The van der Waals surface area contributed by atoms with E-state index in [1.807, 2.05) is 25.2 Å². The summed E-state index contributed by atoms with van der Waals surface area (Å²) in [5.41, 5.74) is 3.26. The van der Waals surface area contributed by atoms with Gasteiger partial charge in [0.05, 0.1) is 5.56 Å². The van der Waals surface area contributed by atoms with E-state index >= 15 is 0 Å². The fraction of sp³-hybridized carbons (Fsp3) is 0.417. The van der Waals surface area contributed by atoms with Crippen molar-refractivity contribution in [2.75, 3.05) is 6.54 Å². The van der Waals surface area contributed by atoms with Gasteiger partial charge in [-0.2, -0.15) is 13.2 Å². The molecule has 3 N–H and O–H groups in total. The van der Waals surface area contributed by atoms with E-state index in [4.69, 9.17) is 0 Å². The van der Waals surface area contributed by atoms with E-state index in [0.29, 0.717) is 11.2 Å². The highest BCUT2D eigenvalue weighted by atomic mass is 19.4. The van der Waals surface area contributed by atoms with Crippen LogP contribution in [0.2, 0.25) is 0 Å². The smallest absolute Gasteiger partial charge is 0.350 e. The van der Waals surface area contributed by atoms with E-state index in [9.17, 15) is 22.8 Å². The van der Waals surface area contributed by atoms with Crippen molar-refractivity contribution in [3.8, 4) is 11.1 Å². The molecule has 3 aromatic rings. The highest BCUT2D eigenvalue weighted by molar-refractivity contribution is 6.01. The van der Waals surface area contributed by atoms with Crippen LogP contribution < -0.4 is 10.6 Å². The van der Waals surface area contributed by atoms with Gasteiger partial charge in [-0.1, -0.05) is 13.8 Å². The highest BCUT2D eigenvalue weighted by Gasteiger charge is 2.30. The van der Waals surface area contributed by atoms with E-state index in [1.54, 1.807) is 38.5 Å². The van der Waals surface area contributed by atoms with Crippen molar-refractivity contribution in [1.82, 2.24) is 25.6 Å². The number of fused-ring (bicyclic) bond motifs is 1. The lowest BCUT2D eigenvalue weighted by Crippen LogP contribution is -2.40. The molecular formula is C24H28F3N5O2. The van der Waals surface area contributed by atoms with E-state index < -0.39 is 24.5 Å². The van der Waals surface area contributed by atoms with E-state index in [2.05, 4.69) is 20.3 Å². The van der Waals surface area contributed by atoms with Gasteiger partial charge in [-0.15, -0.1) is 0 Å². The van der Waals surface area contributed by atoms with Crippen LogP contribution in [-0.4, -0.2) is 45.5 Å². The Hall–Kier alpha value is -3.43. The number of carbonyl (C=O) groups excluding carboxylic acids is 2.